The van der Waals surface area contributed by atoms with Crippen LogP contribution in [0.25, 0.3) is 5.57 Å². The Bertz CT molecular complexity index is 990. The van der Waals surface area contributed by atoms with E-state index in [-0.39, 0.29) is 11.5 Å². The number of piperidine rings is 2. The molecule has 2 heterocycles. The summed E-state index contributed by atoms with van der Waals surface area (Å²) >= 11 is 0. The molecule has 1 aromatic rings. The van der Waals surface area contributed by atoms with E-state index >= 15 is 0 Å². The normalized spacial score (nSPS) is 22.1. The average Bonchev–Trinajstić information content (AvgIpc) is 2.81. The topological polar surface area (TPSA) is 43.6 Å². The second-order valence-corrected chi connectivity index (χ2v) is 8.62. The number of rotatable bonds is 2. The molecule has 4 aliphatic rings. The third-order valence-electron chi connectivity index (χ3n) is 6.68. The van der Waals surface area contributed by atoms with Crippen LogP contribution in [-0.4, -0.2) is 47.4 Å². The molecule has 1 aromatic carbocycles. The maximum absolute atomic E-state index is 12.9. The molecule has 1 N–H and O–H groups in total. The highest BCUT2D eigenvalue weighted by atomic mass is 16.3. The van der Waals surface area contributed by atoms with E-state index in [2.05, 4.69) is 33.8 Å². The highest BCUT2D eigenvalue weighted by molar-refractivity contribution is 6.39. The van der Waals surface area contributed by atoms with Crippen LogP contribution in [0.3, 0.4) is 0 Å². The van der Waals surface area contributed by atoms with Crippen molar-refractivity contribution in [1.82, 2.24) is 0 Å². The molecule has 0 spiro atoms. The minimum Gasteiger partial charge on any atom is -0.506 e. The van der Waals surface area contributed by atoms with Crippen molar-refractivity contribution in [2.24, 2.45) is 0 Å². The number of carbonyl (C=O) groups is 1. The summed E-state index contributed by atoms with van der Waals surface area (Å²) < 4.78 is 2.39. The molecule has 0 bridgehead atoms. The molecule has 0 amide bonds. The van der Waals surface area contributed by atoms with Gasteiger partial charge < -0.3 is 10.0 Å². The number of allylic oxidation sites excluding steroid dienone is 7. The maximum atomic E-state index is 12.9. The molecule has 0 atom stereocenters. The van der Waals surface area contributed by atoms with Crippen LogP contribution in [0.5, 0.6) is 0 Å². The molecule has 2 aliphatic carbocycles. The van der Waals surface area contributed by atoms with Gasteiger partial charge in [-0.2, -0.15) is 0 Å². The van der Waals surface area contributed by atoms with Crippen molar-refractivity contribution >= 4 is 22.8 Å². The number of ketones is 1. The minimum atomic E-state index is -0.0658. The molecule has 0 aromatic heterocycles. The molecular weight excluding hydrogens is 372 g/mol. The summed E-state index contributed by atoms with van der Waals surface area (Å²) in [5, 5.41) is 10.7. The molecule has 2 aliphatic heterocycles. The molecule has 0 unspecified atom stereocenters. The first-order chi connectivity index (χ1) is 14.7. The van der Waals surface area contributed by atoms with Gasteiger partial charge in [0.2, 0.25) is 5.78 Å². The van der Waals surface area contributed by atoms with Gasteiger partial charge in [-0.15, -0.1) is 0 Å². The minimum absolute atomic E-state index is 0.0658. The van der Waals surface area contributed by atoms with Crippen molar-refractivity contribution in [2.45, 2.75) is 38.5 Å². The predicted molar refractivity (Wildman–Crippen MR) is 121 cm³/mol. The monoisotopic (exact) mass is 401 g/mol. The SMILES string of the molecule is O=C1C(=C2C=CC(=[N+]3CCCCC3)C=C2)C(O)=C1c1ccc(N2CCCCC2)cc1. The second kappa shape index (κ2) is 8.10. The molecule has 0 radical (unpaired) electrons. The van der Waals surface area contributed by atoms with Gasteiger partial charge in [-0.05, 0) is 61.1 Å². The molecule has 30 heavy (non-hydrogen) atoms. The van der Waals surface area contributed by atoms with E-state index in [0.29, 0.717) is 11.1 Å². The smallest absolute Gasteiger partial charge is 0.201 e. The van der Waals surface area contributed by atoms with Gasteiger partial charge in [0.05, 0.1) is 11.1 Å². The van der Waals surface area contributed by atoms with Crippen molar-refractivity contribution < 1.29 is 14.5 Å². The summed E-state index contributed by atoms with van der Waals surface area (Å²) in [6.45, 7) is 4.38. The Kier molecular flexibility index (Phi) is 5.16. The molecule has 4 heteroatoms. The van der Waals surface area contributed by atoms with Crippen LogP contribution in [0, 0.1) is 0 Å². The lowest BCUT2D eigenvalue weighted by Gasteiger charge is -2.29. The fraction of sp³-hybridized carbons (Fsp3) is 0.385. The number of carbonyl (C=O) groups excluding carboxylic acids is 1. The van der Waals surface area contributed by atoms with Crippen LogP contribution >= 0.6 is 0 Å². The Morgan fingerprint density at radius 1 is 0.767 bits per heavy atom. The van der Waals surface area contributed by atoms with Crippen LogP contribution in [0.1, 0.15) is 44.1 Å². The quantitative estimate of drug-likeness (QED) is 0.582. The van der Waals surface area contributed by atoms with E-state index in [1.54, 1.807) is 0 Å². The number of aliphatic hydroxyl groups excluding tert-OH is 1. The fourth-order valence-electron chi connectivity index (χ4n) is 4.92. The van der Waals surface area contributed by atoms with Crippen molar-refractivity contribution in [3.05, 3.63) is 71.0 Å². The van der Waals surface area contributed by atoms with Gasteiger partial charge in [0.15, 0.2) is 5.71 Å². The Hall–Kier alpha value is -2.88. The van der Waals surface area contributed by atoms with Crippen LogP contribution in [-0.2, 0) is 4.79 Å². The number of hydrogen-bond donors (Lipinski definition) is 1. The van der Waals surface area contributed by atoms with E-state index in [1.165, 1.54) is 49.9 Å². The number of aliphatic hydroxyl groups is 1. The summed E-state index contributed by atoms with van der Waals surface area (Å²) in [4.78, 5) is 15.3. The van der Waals surface area contributed by atoms with Gasteiger partial charge in [-0.3, -0.25) is 4.79 Å². The average molecular weight is 402 g/mol. The van der Waals surface area contributed by atoms with E-state index in [4.69, 9.17) is 0 Å². The van der Waals surface area contributed by atoms with Crippen molar-refractivity contribution in [3.63, 3.8) is 0 Å². The number of Topliss-reactive ketones (excluding diaryl/α,β-unsaturated/α-hetero) is 1. The summed E-state index contributed by atoms with van der Waals surface area (Å²) in [7, 11) is 0. The Balaban J connectivity index is 1.37. The third-order valence-corrected chi connectivity index (χ3v) is 6.68. The molecule has 0 saturated carbocycles. The lowest BCUT2D eigenvalue weighted by atomic mass is 9.80. The Morgan fingerprint density at radius 3 is 2.03 bits per heavy atom. The second-order valence-electron chi connectivity index (χ2n) is 8.62. The fourth-order valence-corrected chi connectivity index (χ4v) is 4.92. The lowest BCUT2D eigenvalue weighted by Crippen LogP contribution is -2.29. The van der Waals surface area contributed by atoms with Gasteiger partial charge in [-0.25, -0.2) is 4.58 Å². The number of hydrogen-bond acceptors (Lipinski definition) is 3. The highest BCUT2D eigenvalue weighted by Crippen LogP contribution is 2.39. The molecular formula is C26H29N2O2+. The molecule has 154 valence electrons. The van der Waals surface area contributed by atoms with Crippen molar-refractivity contribution in [3.8, 4) is 0 Å². The summed E-state index contributed by atoms with van der Waals surface area (Å²) in [6.07, 6.45) is 15.6. The van der Waals surface area contributed by atoms with Gasteiger partial charge >= 0.3 is 0 Å². The highest BCUT2D eigenvalue weighted by Gasteiger charge is 2.36. The van der Waals surface area contributed by atoms with E-state index < -0.39 is 0 Å². The first kappa shape index (κ1) is 19.1. The van der Waals surface area contributed by atoms with Gasteiger partial charge in [0.1, 0.15) is 18.8 Å². The zero-order valence-corrected chi connectivity index (χ0v) is 17.4. The first-order valence-electron chi connectivity index (χ1n) is 11.3. The lowest BCUT2D eigenvalue weighted by molar-refractivity contribution is -0.535. The molecule has 4 nitrogen and oxygen atoms in total. The van der Waals surface area contributed by atoms with Crippen LogP contribution in [0.15, 0.2) is 65.5 Å². The van der Waals surface area contributed by atoms with Crippen LogP contribution < -0.4 is 4.90 Å². The zero-order valence-electron chi connectivity index (χ0n) is 17.4. The van der Waals surface area contributed by atoms with E-state index in [1.807, 2.05) is 24.3 Å². The van der Waals surface area contributed by atoms with Gasteiger partial charge in [-0.1, -0.05) is 12.1 Å². The molecule has 5 rings (SSSR count). The maximum Gasteiger partial charge on any atom is 0.201 e. The zero-order chi connectivity index (χ0) is 20.5. The first-order valence-corrected chi connectivity index (χ1v) is 11.3. The predicted octanol–water partition coefficient (Wildman–Crippen LogP) is 4.59. The third kappa shape index (κ3) is 3.45. The largest absolute Gasteiger partial charge is 0.506 e. The Labute approximate surface area is 178 Å². The van der Waals surface area contributed by atoms with E-state index in [0.717, 1.165) is 37.3 Å². The summed E-state index contributed by atoms with van der Waals surface area (Å²) in [5.74, 6) is 0.0559. The van der Waals surface area contributed by atoms with Crippen molar-refractivity contribution in [1.29, 1.82) is 0 Å². The van der Waals surface area contributed by atoms with E-state index in [9.17, 15) is 9.90 Å². The standard InChI is InChI=1S/C26H28N2O2/c29-25-23(19-7-11-21(12-8-19)27-15-3-1-4-16-27)26(30)24(25)20-9-13-22(14-10-20)28-17-5-2-6-18-28/h7-14H,1-6,15-18H2/p+1. The number of anilines is 1. The van der Waals surface area contributed by atoms with Crippen LogP contribution in [0.4, 0.5) is 5.69 Å². The number of benzene rings is 1. The molecule has 2 saturated heterocycles. The van der Waals surface area contributed by atoms with Gasteiger partial charge in [0, 0.05) is 43.8 Å². The molecule has 2 fully saturated rings. The number of nitrogens with zero attached hydrogens (tertiary/aromatic N) is 2. The van der Waals surface area contributed by atoms with Crippen LogP contribution in [0.2, 0.25) is 0 Å². The van der Waals surface area contributed by atoms with Crippen molar-refractivity contribution in [2.75, 3.05) is 31.1 Å². The summed E-state index contributed by atoms with van der Waals surface area (Å²) in [5.41, 5.74) is 4.87. The Morgan fingerprint density at radius 2 is 1.40 bits per heavy atom. The van der Waals surface area contributed by atoms with Gasteiger partial charge in [0.25, 0.3) is 0 Å². The summed E-state index contributed by atoms with van der Waals surface area (Å²) in [6, 6.07) is 8.06.